The molecule has 3 atom stereocenters. The van der Waals surface area contributed by atoms with Gasteiger partial charge >= 0.3 is 11.8 Å². The number of amides is 4. The summed E-state index contributed by atoms with van der Waals surface area (Å²) in [6.07, 6.45) is 3.69. The second kappa shape index (κ2) is 14.8. The van der Waals surface area contributed by atoms with Crippen LogP contribution in [0.1, 0.15) is 44.9 Å². The smallest absolute Gasteiger partial charge is 0.313 e. The molecule has 10 nitrogen and oxygen atoms in total. The van der Waals surface area contributed by atoms with Crippen molar-refractivity contribution in [3.63, 3.8) is 0 Å². The molecule has 1 saturated heterocycles. The van der Waals surface area contributed by atoms with E-state index in [0.29, 0.717) is 18.7 Å². The van der Waals surface area contributed by atoms with Gasteiger partial charge in [-0.25, -0.2) is 8.78 Å². The SMILES string of the molecule is O=C(Nc1ccccc1)C(=O)N[C@@H](CC1CCCC1)C(=O)N[C@@H](C[C@@H]1CCNC1=O)C(=O)COc1c(F)c(F)cc(F)c1F. The first-order chi connectivity index (χ1) is 21.0. The number of hydrogen-bond acceptors (Lipinski definition) is 6. The normalized spacial score (nSPS) is 17.8. The Kier molecular flexibility index (Phi) is 10.9. The van der Waals surface area contributed by atoms with E-state index in [9.17, 15) is 41.5 Å². The van der Waals surface area contributed by atoms with Gasteiger partial charge in [0.2, 0.25) is 23.4 Å². The minimum Gasteiger partial charge on any atom is -0.479 e. The number of halogens is 4. The zero-order chi connectivity index (χ0) is 31.8. The molecule has 1 aliphatic carbocycles. The van der Waals surface area contributed by atoms with Crippen LogP contribution in [0.25, 0.3) is 0 Å². The van der Waals surface area contributed by atoms with Crippen LogP contribution < -0.4 is 26.0 Å². The predicted molar refractivity (Wildman–Crippen MR) is 148 cm³/mol. The molecule has 44 heavy (non-hydrogen) atoms. The number of para-hydroxylation sites is 1. The number of anilines is 1. The molecule has 4 amide bonds. The summed E-state index contributed by atoms with van der Waals surface area (Å²) >= 11 is 0. The number of benzene rings is 2. The van der Waals surface area contributed by atoms with Crippen LogP contribution >= 0.6 is 0 Å². The quantitative estimate of drug-likeness (QED) is 0.163. The van der Waals surface area contributed by atoms with E-state index in [1.54, 1.807) is 30.3 Å². The molecule has 2 aromatic carbocycles. The van der Waals surface area contributed by atoms with Crippen molar-refractivity contribution in [2.45, 2.75) is 57.0 Å². The number of ketones is 1. The lowest BCUT2D eigenvalue weighted by atomic mass is 9.94. The van der Waals surface area contributed by atoms with Crippen LogP contribution in [0.5, 0.6) is 5.75 Å². The van der Waals surface area contributed by atoms with E-state index >= 15 is 0 Å². The van der Waals surface area contributed by atoms with Gasteiger partial charge in [-0.15, -0.1) is 0 Å². The second-order valence-electron chi connectivity index (χ2n) is 10.9. The van der Waals surface area contributed by atoms with Gasteiger partial charge in [0.1, 0.15) is 12.6 Å². The number of ether oxygens (including phenoxy) is 1. The molecule has 0 aromatic heterocycles. The number of nitrogens with one attached hydrogen (secondary N) is 4. The fourth-order valence-electron chi connectivity index (χ4n) is 5.36. The average molecular weight is 621 g/mol. The highest BCUT2D eigenvalue weighted by atomic mass is 19.2. The Morgan fingerprint density at radius 2 is 1.52 bits per heavy atom. The molecule has 1 saturated carbocycles. The Morgan fingerprint density at radius 1 is 0.864 bits per heavy atom. The third-order valence-corrected chi connectivity index (χ3v) is 7.72. The lowest BCUT2D eigenvalue weighted by molar-refractivity contribution is -0.138. The molecule has 0 radical (unpaired) electrons. The highest BCUT2D eigenvalue weighted by Gasteiger charge is 2.35. The number of carbonyl (C=O) groups excluding carboxylic acids is 5. The first-order valence-corrected chi connectivity index (χ1v) is 14.3. The van der Waals surface area contributed by atoms with E-state index < -0.39 is 77.1 Å². The van der Waals surface area contributed by atoms with Crippen LogP contribution in [0.15, 0.2) is 36.4 Å². The highest BCUT2D eigenvalue weighted by Crippen LogP contribution is 2.29. The Labute approximate surface area is 250 Å². The van der Waals surface area contributed by atoms with Crippen molar-refractivity contribution in [1.29, 1.82) is 0 Å². The van der Waals surface area contributed by atoms with Gasteiger partial charge in [0.05, 0.1) is 6.04 Å². The third-order valence-electron chi connectivity index (χ3n) is 7.72. The molecule has 1 heterocycles. The molecular weight excluding hydrogens is 588 g/mol. The zero-order valence-corrected chi connectivity index (χ0v) is 23.6. The summed E-state index contributed by atoms with van der Waals surface area (Å²) in [5, 5.41) is 9.95. The van der Waals surface area contributed by atoms with Crippen molar-refractivity contribution >= 4 is 35.1 Å². The summed E-state index contributed by atoms with van der Waals surface area (Å²) in [6, 6.07) is 5.47. The van der Waals surface area contributed by atoms with Crippen LogP contribution in [-0.2, 0) is 24.0 Å². The predicted octanol–water partition coefficient (Wildman–Crippen LogP) is 2.91. The van der Waals surface area contributed by atoms with Crippen molar-refractivity contribution < 1.29 is 46.3 Å². The Morgan fingerprint density at radius 3 is 2.14 bits per heavy atom. The van der Waals surface area contributed by atoms with Crippen molar-refractivity contribution in [2.24, 2.45) is 11.8 Å². The summed E-state index contributed by atoms with van der Waals surface area (Å²) in [5.74, 6) is -13.5. The van der Waals surface area contributed by atoms with Crippen LogP contribution in [0.3, 0.4) is 0 Å². The van der Waals surface area contributed by atoms with E-state index in [4.69, 9.17) is 4.74 Å². The number of carbonyl (C=O) groups is 5. The molecule has 0 spiro atoms. The van der Waals surface area contributed by atoms with E-state index in [0.717, 1.165) is 25.7 Å². The van der Waals surface area contributed by atoms with Gasteiger partial charge < -0.3 is 26.0 Å². The second-order valence-corrected chi connectivity index (χ2v) is 10.9. The van der Waals surface area contributed by atoms with E-state index in [1.807, 2.05) is 0 Å². The molecule has 1 aliphatic heterocycles. The van der Waals surface area contributed by atoms with Crippen molar-refractivity contribution in [3.8, 4) is 5.75 Å². The molecule has 14 heteroatoms. The minimum absolute atomic E-state index is 0.0139. The maximum atomic E-state index is 14.1. The maximum absolute atomic E-state index is 14.1. The van der Waals surface area contributed by atoms with E-state index in [2.05, 4.69) is 21.3 Å². The average Bonchev–Trinajstić information content (AvgIpc) is 3.67. The molecule has 0 bridgehead atoms. The zero-order valence-electron chi connectivity index (χ0n) is 23.6. The first-order valence-electron chi connectivity index (χ1n) is 14.3. The standard InChI is InChI=1S/C30H32F4N4O6/c31-19-14-20(32)25(34)26(24(19)33)44-15-23(39)21(13-17-10-11-35-27(17)40)37-28(41)22(12-16-6-4-5-7-16)38-30(43)29(42)36-18-8-2-1-3-9-18/h1-3,8-9,14,16-17,21-22H,4-7,10-13,15H2,(H,35,40)(H,36,42)(H,37,41)(H,38,43)/t17-,21-,22-/m0/s1. The minimum atomic E-state index is -1.85. The number of hydrogen-bond donors (Lipinski definition) is 4. The van der Waals surface area contributed by atoms with Gasteiger partial charge in [-0.2, -0.15) is 8.78 Å². The van der Waals surface area contributed by atoms with Crippen molar-refractivity contribution in [2.75, 3.05) is 18.5 Å². The van der Waals surface area contributed by atoms with Gasteiger partial charge in [-0.3, -0.25) is 24.0 Å². The van der Waals surface area contributed by atoms with Gasteiger partial charge in [-0.1, -0.05) is 43.9 Å². The van der Waals surface area contributed by atoms with Gasteiger partial charge in [-0.05, 0) is 37.3 Å². The summed E-state index contributed by atoms with van der Waals surface area (Å²) in [5.41, 5.74) is 0.357. The molecule has 4 rings (SSSR count). The molecular formula is C30H32F4N4O6. The van der Waals surface area contributed by atoms with Gasteiger partial charge in [0.15, 0.2) is 23.2 Å². The topological polar surface area (TPSA) is 143 Å². The maximum Gasteiger partial charge on any atom is 0.313 e. The van der Waals surface area contributed by atoms with Crippen LogP contribution in [0.4, 0.5) is 23.2 Å². The van der Waals surface area contributed by atoms with Crippen LogP contribution in [-0.4, -0.2) is 54.6 Å². The van der Waals surface area contributed by atoms with E-state index in [1.165, 1.54) is 0 Å². The van der Waals surface area contributed by atoms with Crippen molar-refractivity contribution in [1.82, 2.24) is 16.0 Å². The number of Topliss-reactive ketones (excluding diaryl/α,β-unsaturated/α-hetero) is 1. The third kappa shape index (κ3) is 8.32. The number of rotatable bonds is 12. The fraction of sp³-hybridized carbons (Fsp3) is 0.433. The first kappa shape index (κ1) is 32.4. The molecule has 0 unspecified atom stereocenters. The molecule has 4 N–H and O–H groups in total. The Balaban J connectivity index is 1.49. The van der Waals surface area contributed by atoms with E-state index in [-0.39, 0.29) is 30.7 Å². The molecule has 236 valence electrons. The Bertz CT molecular complexity index is 1380. The Hall–Kier alpha value is -4.49. The summed E-state index contributed by atoms with van der Waals surface area (Å²) in [6.45, 7) is -0.778. The molecule has 2 aliphatic rings. The van der Waals surface area contributed by atoms with Crippen molar-refractivity contribution in [3.05, 3.63) is 59.7 Å². The molecule has 2 aromatic rings. The summed E-state index contributed by atoms with van der Waals surface area (Å²) in [4.78, 5) is 64.3. The largest absolute Gasteiger partial charge is 0.479 e. The molecule has 2 fully saturated rings. The lowest BCUT2D eigenvalue weighted by Gasteiger charge is -2.25. The van der Waals surface area contributed by atoms with Gasteiger partial charge in [0, 0.05) is 24.2 Å². The van der Waals surface area contributed by atoms with Gasteiger partial charge in [0.25, 0.3) is 0 Å². The lowest BCUT2D eigenvalue weighted by Crippen LogP contribution is -2.54. The van der Waals surface area contributed by atoms with Crippen LogP contribution in [0, 0.1) is 35.1 Å². The monoisotopic (exact) mass is 620 g/mol. The summed E-state index contributed by atoms with van der Waals surface area (Å²) < 4.78 is 60.2. The highest BCUT2D eigenvalue weighted by molar-refractivity contribution is 6.40. The summed E-state index contributed by atoms with van der Waals surface area (Å²) in [7, 11) is 0. The van der Waals surface area contributed by atoms with Crippen LogP contribution in [0.2, 0.25) is 0 Å². The fourth-order valence-corrected chi connectivity index (χ4v) is 5.36.